The Kier molecular flexibility index (Phi) is 19.1. The van der Waals surface area contributed by atoms with Gasteiger partial charge in [-0.25, -0.2) is 16.8 Å². The van der Waals surface area contributed by atoms with Gasteiger partial charge in [0.25, 0.3) is 0 Å². The van der Waals surface area contributed by atoms with Crippen molar-refractivity contribution in [1.29, 1.82) is 0 Å². The lowest BCUT2D eigenvalue weighted by molar-refractivity contribution is -0.133. The van der Waals surface area contributed by atoms with Crippen molar-refractivity contribution in [2.75, 3.05) is 12.0 Å². The van der Waals surface area contributed by atoms with Gasteiger partial charge in [0.15, 0.2) is 0 Å². The largest absolute Gasteiger partial charge is 0.391 e. The van der Waals surface area contributed by atoms with Gasteiger partial charge >= 0.3 is 0 Å². The van der Waals surface area contributed by atoms with Crippen LogP contribution >= 0.6 is 0 Å². The van der Waals surface area contributed by atoms with E-state index in [1.807, 2.05) is 65.0 Å². The monoisotopic (exact) mass is 821 g/mol. The van der Waals surface area contributed by atoms with Crippen LogP contribution in [0.15, 0.2) is 59.5 Å². The highest BCUT2D eigenvalue weighted by atomic mass is 32.2. The maximum Gasteiger partial charge on any atom is 0.243 e. The van der Waals surface area contributed by atoms with Crippen molar-refractivity contribution >= 4 is 43.5 Å². The van der Waals surface area contributed by atoms with Crippen molar-refractivity contribution in [1.82, 2.24) is 26.0 Å². The number of hydrogen-bond acceptors (Lipinski definition) is 9. The van der Waals surface area contributed by atoms with Gasteiger partial charge in [0.05, 0.1) is 22.8 Å². The molecule has 0 bridgehead atoms. The van der Waals surface area contributed by atoms with Crippen LogP contribution in [-0.4, -0.2) is 87.9 Å². The fourth-order valence-corrected chi connectivity index (χ4v) is 7.86. The third-order valence-electron chi connectivity index (χ3n) is 9.18. The van der Waals surface area contributed by atoms with Gasteiger partial charge in [0.2, 0.25) is 33.7 Å². The summed E-state index contributed by atoms with van der Waals surface area (Å²) in [5, 5.41) is 22.4. The molecule has 0 aliphatic carbocycles. The van der Waals surface area contributed by atoms with Crippen LogP contribution in [0.1, 0.15) is 85.3 Å². The molecule has 0 saturated heterocycles. The standard InChI is InChI=1S/C40H63N5O9S2/c1-25(2)21-33(35(46)23-29(8)37(47)44-36(27(5)6)40(50)41-24-30-13-11-10-12-14-30)43-38(48)32(19-20-55(9,51)52)42-39(49)34(22-26(3)4)45-56(53,54)31-17-15-28(7)16-18-31/h10-18,25-27,29,32-36,45-46H,19-24H2,1-9H3,(H,41,50)(H,42,49)(H,43,48)(H,44,47)/t29-,32+,33+,34+,35+,36+/m1/s1. The van der Waals surface area contributed by atoms with Crippen LogP contribution in [0.5, 0.6) is 0 Å². The lowest BCUT2D eigenvalue weighted by atomic mass is 9.91. The van der Waals surface area contributed by atoms with E-state index in [2.05, 4.69) is 26.0 Å². The minimum atomic E-state index is -4.15. The van der Waals surface area contributed by atoms with Gasteiger partial charge in [-0.05, 0) is 68.1 Å². The second-order valence-electron chi connectivity index (χ2n) is 16.0. The summed E-state index contributed by atoms with van der Waals surface area (Å²) in [5.41, 5.74) is 1.75. The number of aliphatic hydroxyl groups is 1. The molecule has 0 unspecified atom stereocenters. The average Bonchev–Trinajstić information content (AvgIpc) is 3.09. The smallest absolute Gasteiger partial charge is 0.243 e. The molecule has 0 saturated carbocycles. The van der Waals surface area contributed by atoms with Crippen LogP contribution in [-0.2, 0) is 45.6 Å². The number of rotatable bonds is 23. The van der Waals surface area contributed by atoms with E-state index in [4.69, 9.17) is 0 Å². The van der Waals surface area contributed by atoms with E-state index in [1.165, 1.54) is 12.1 Å². The molecular formula is C40H63N5O9S2. The lowest BCUT2D eigenvalue weighted by Crippen LogP contribution is -2.57. The normalized spacial score (nSPS) is 15.4. The van der Waals surface area contributed by atoms with E-state index in [1.54, 1.807) is 32.9 Å². The van der Waals surface area contributed by atoms with Crippen molar-refractivity contribution in [3.8, 4) is 0 Å². The molecule has 0 fully saturated rings. The van der Waals surface area contributed by atoms with Gasteiger partial charge in [-0.15, -0.1) is 0 Å². The topological polar surface area (TPSA) is 217 Å². The molecule has 6 atom stereocenters. The van der Waals surface area contributed by atoms with E-state index >= 15 is 0 Å². The highest BCUT2D eigenvalue weighted by molar-refractivity contribution is 7.90. The number of aryl methyl sites for hydroxylation is 1. The molecule has 314 valence electrons. The van der Waals surface area contributed by atoms with E-state index in [9.17, 15) is 41.1 Å². The van der Waals surface area contributed by atoms with Crippen LogP contribution in [0.25, 0.3) is 0 Å². The molecule has 0 aliphatic heterocycles. The molecule has 6 N–H and O–H groups in total. The summed E-state index contributed by atoms with van der Waals surface area (Å²) in [6.07, 6.45) is -0.294. The van der Waals surface area contributed by atoms with Crippen molar-refractivity contribution in [3.05, 3.63) is 65.7 Å². The number of nitrogens with one attached hydrogen (secondary N) is 5. The summed E-state index contributed by atoms with van der Waals surface area (Å²) < 4.78 is 53.3. The number of amides is 4. The van der Waals surface area contributed by atoms with Crippen molar-refractivity contribution in [2.45, 2.75) is 123 Å². The number of benzene rings is 2. The Hall–Kier alpha value is -3.86. The number of carbonyl (C=O) groups is 4. The van der Waals surface area contributed by atoms with Gasteiger partial charge in [-0.1, -0.05) is 96.5 Å². The number of hydrogen-bond donors (Lipinski definition) is 6. The zero-order valence-corrected chi connectivity index (χ0v) is 35.8. The average molecular weight is 822 g/mol. The van der Waals surface area contributed by atoms with Crippen LogP contribution in [0.3, 0.4) is 0 Å². The van der Waals surface area contributed by atoms with Gasteiger partial charge in [0.1, 0.15) is 28.0 Å². The minimum Gasteiger partial charge on any atom is -0.391 e. The van der Waals surface area contributed by atoms with Gasteiger partial charge in [-0.3, -0.25) is 19.2 Å². The number of carbonyl (C=O) groups excluding carboxylic acids is 4. The summed E-state index contributed by atoms with van der Waals surface area (Å²) in [7, 11) is -7.74. The van der Waals surface area contributed by atoms with Crippen LogP contribution in [0, 0.1) is 30.6 Å². The molecule has 0 spiro atoms. The van der Waals surface area contributed by atoms with Crippen LogP contribution < -0.4 is 26.0 Å². The Morgan fingerprint density at radius 1 is 0.679 bits per heavy atom. The second-order valence-corrected chi connectivity index (χ2v) is 20.0. The SMILES string of the molecule is Cc1ccc(S(=O)(=O)N[C@@H](CC(C)C)C(=O)N[C@@H](CCS(C)(=O)=O)C(=O)N[C@@H](CC(C)C)[C@@H](O)C[C@@H](C)C(=O)N[C@H](C(=O)NCc2ccccc2)C(C)C)cc1. The summed E-state index contributed by atoms with van der Waals surface area (Å²) >= 11 is 0. The predicted octanol–water partition coefficient (Wildman–Crippen LogP) is 2.98. The first-order chi connectivity index (χ1) is 26.0. The molecule has 2 rings (SSSR count). The molecule has 0 heterocycles. The van der Waals surface area contributed by atoms with E-state index in [0.29, 0.717) is 0 Å². The number of sulfone groups is 1. The van der Waals surface area contributed by atoms with Crippen molar-refractivity contribution < 1.29 is 41.1 Å². The van der Waals surface area contributed by atoms with Crippen LogP contribution in [0.4, 0.5) is 0 Å². The Morgan fingerprint density at radius 2 is 1.25 bits per heavy atom. The summed E-state index contributed by atoms with van der Waals surface area (Å²) in [5.74, 6) is -4.06. The molecule has 0 aliphatic rings. The van der Waals surface area contributed by atoms with Crippen molar-refractivity contribution in [3.63, 3.8) is 0 Å². The lowest BCUT2D eigenvalue weighted by Gasteiger charge is -2.30. The van der Waals surface area contributed by atoms with Crippen molar-refractivity contribution in [2.24, 2.45) is 23.7 Å². The number of sulfonamides is 1. The molecule has 16 heteroatoms. The van der Waals surface area contributed by atoms with E-state index in [0.717, 1.165) is 17.4 Å². The summed E-state index contributed by atoms with van der Waals surface area (Å²) in [6.45, 7) is 14.7. The van der Waals surface area contributed by atoms with Gasteiger partial charge in [-0.2, -0.15) is 4.72 Å². The predicted molar refractivity (Wildman–Crippen MR) is 217 cm³/mol. The highest BCUT2D eigenvalue weighted by Crippen LogP contribution is 2.18. The first-order valence-corrected chi connectivity index (χ1v) is 22.7. The molecule has 2 aromatic carbocycles. The molecule has 0 radical (unpaired) electrons. The maximum absolute atomic E-state index is 13.9. The molecule has 2 aromatic rings. The van der Waals surface area contributed by atoms with E-state index in [-0.39, 0.29) is 60.8 Å². The minimum absolute atomic E-state index is 0.0339. The molecule has 56 heavy (non-hydrogen) atoms. The highest BCUT2D eigenvalue weighted by Gasteiger charge is 2.34. The Balaban J connectivity index is 2.23. The van der Waals surface area contributed by atoms with Gasteiger partial charge in [0, 0.05) is 18.7 Å². The molecule has 4 amide bonds. The fourth-order valence-electron chi connectivity index (χ4n) is 5.99. The zero-order valence-electron chi connectivity index (χ0n) is 34.2. The maximum atomic E-state index is 13.9. The van der Waals surface area contributed by atoms with E-state index < -0.39 is 79.5 Å². The van der Waals surface area contributed by atoms with Crippen LogP contribution in [0.2, 0.25) is 0 Å². The molecule has 14 nitrogen and oxygen atoms in total. The first-order valence-electron chi connectivity index (χ1n) is 19.2. The molecular weight excluding hydrogens is 759 g/mol. The third-order valence-corrected chi connectivity index (χ3v) is 11.6. The summed E-state index contributed by atoms with van der Waals surface area (Å²) in [6, 6.07) is 11.0. The summed E-state index contributed by atoms with van der Waals surface area (Å²) in [4.78, 5) is 53.9. The molecule has 0 aromatic heterocycles. The van der Waals surface area contributed by atoms with Gasteiger partial charge < -0.3 is 26.4 Å². The number of aliphatic hydroxyl groups excluding tert-OH is 1. The fraction of sp³-hybridized carbons (Fsp3) is 0.600. The second kappa shape index (κ2) is 22.2. The Labute approximate surface area is 333 Å². The quantitative estimate of drug-likeness (QED) is 0.0970. The Morgan fingerprint density at radius 3 is 1.79 bits per heavy atom. The first kappa shape index (κ1) is 48.3. The Bertz CT molecular complexity index is 1800. The zero-order chi connectivity index (χ0) is 42.4. The third kappa shape index (κ3) is 17.1.